The number of aliphatic hydroxyl groups excluding tert-OH is 1. The van der Waals surface area contributed by atoms with Gasteiger partial charge in [0, 0.05) is 5.69 Å². The summed E-state index contributed by atoms with van der Waals surface area (Å²) in [5.41, 5.74) is 0.639. The first kappa shape index (κ1) is 18.1. The van der Waals surface area contributed by atoms with Gasteiger partial charge in [0.1, 0.15) is 30.1 Å². The Hall–Kier alpha value is -2.24. The maximum atomic E-state index is 12.1. The Balaban J connectivity index is 2.00. The average molecular weight is 350 g/mol. The van der Waals surface area contributed by atoms with E-state index in [2.05, 4.69) is 0 Å². The van der Waals surface area contributed by atoms with Crippen molar-refractivity contribution >= 4 is 23.2 Å². The number of para-hydroxylation sites is 1. The topological polar surface area (TPSA) is 59.0 Å². The molecule has 0 saturated carbocycles. The van der Waals surface area contributed by atoms with Crippen molar-refractivity contribution in [3.05, 3.63) is 54.6 Å². The van der Waals surface area contributed by atoms with Crippen LogP contribution in [-0.4, -0.2) is 43.3 Å². The van der Waals surface area contributed by atoms with E-state index >= 15 is 0 Å². The summed E-state index contributed by atoms with van der Waals surface area (Å²) >= 11 is 5.68. The third-order valence-electron chi connectivity index (χ3n) is 3.38. The molecule has 1 amide bonds. The SMILES string of the molecule is COc1ccc(N(CC(O)COc2ccccc2)C(=O)CCl)cc1. The lowest BCUT2D eigenvalue weighted by Gasteiger charge is -2.25. The number of ether oxygens (including phenoxy) is 2. The van der Waals surface area contributed by atoms with Gasteiger partial charge in [-0.2, -0.15) is 0 Å². The molecule has 1 N–H and O–H groups in total. The Bertz CT molecular complexity index is 633. The molecule has 2 aromatic carbocycles. The van der Waals surface area contributed by atoms with Crippen LogP contribution >= 0.6 is 11.6 Å². The predicted molar refractivity (Wildman–Crippen MR) is 94.0 cm³/mol. The molecule has 0 spiro atoms. The van der Waals surface area contributed by atoms with E-state index in [1.807, 2.05) is 18.2 Å². The van der Waals surface area contributed by atoms with Crippen molar-refractivity contribution in [2.45, 2.75) is 6.10 Å². The zero-order chi connectivity index (χ0) is 17.4. The van der Waals surface area contributed by atoms with E-state index in [9.17, 15) is 9.90 Å². The van der Waals surface area contributed by atoms with Crippen LogP contribution in [0.5, 0.6) is 11.5 Å². The fraction of sp³-hybridized carbons (Fsp3) is 0.278. The number of rotatable bonds is 8. The monoisotopic (exact) mass is 349 g/mol. The molecule has 128 valence electrons. The van der Waals surface area contributed by atoms with E-state index in [1.54, 1.807) is 43.5 Å². The second-order valence-corrected chi connectivity index (χ2v) is 5.38. The first-order chi connectivity index (χ1) is 11.6. The highest BCUT2D eigenvalue weighted by Crippen LogP contribution is 2.20. The molecule has 0 aromatic heterocycles. The molecule has 0 aliphatic rings. The Labute approximate surface area is 146 Å². The van der Waals surface area contributed by atoms with Crippen molar-refractivity contribution < 1.29 is 19.4 Å². The van der Waals surface area contributed by atoms with Crippen molar-refractivity contribution in [1.29, 1.82) is 0 Å². The molecule has 1 atom stereocenters. The number of carbonyl (C=O) groups excluding carboxylic acids is 1. The quantitative estimate of drug-likeness (QED) is 0.744. The van der Waals surface area contributed by atoms with Gasteiger partial charge >= 0.3 is 0 Å². The number of alkyl halides is 1. The summed E-state index contributed by atoms with van der Waals surface area (Å²) in [4.78, 5) is 13.5. The lowest BCUT2D eigenvalue weighted by Crippen LogP contribution is -2.40. The average Bonchev–Trinajstić information content (AvgIpc) is 2.65. The van der Waals surface area contributed by atoms with Crippen LogP contribution in [0.2, 0.25) is 0 Å². The number of anilines is 1. The van der Waals surface area contributed by atoms with Crippen molar-refractivity contribution in [1.82, 2.24) is 0 Å². The van der Waals surface area contributed by atoms with Gasteiger partial charge in [-0.3, -0.25) is 4.79 Å². The summed E-state index contributed by atoms with van der Waals surface area (Å²) in [5.74, 6) is 0.889. The summed E-state index contributed by atoms with van der Waals surface area (Å²) in [5, 5.41) is 10.2. The van der Waals surface area contributed by atoms with Crippen LogP contribution in [0.15, 0.2) is 54.6 Å². The van der Waals surface area contributed by atoms with Gasteiger partial charge in [0.15, 0.2) is 0 Å². The molecular weight excluding hydrogens is 330 g/mol. The molecule has 2 rings (SSSR count). The number of carbonyl (C=O) groups is 1. The molecule has 24 heavy (non-hydrogen) atoms. The maximum absolute atomic E-state index is 12.1. The Kier molecular flexibility index (Phi) is 6.90. The fourth-order valence-electron chi connectivity index (χ4n) is 2.16. The zero-order valence-electron chi connectivity index (χ0n) is 13.4. The minimum Gasteiger partial charge on any atom is -0.497 e. The Morgan fingerprint density at radius 3 is 2.38 bits per heavy atom. The minimum absolute atomic E-state index is 0.0756. The predicted octanol–water partition coefficient (Wildman–Crippen LogP) is 2.71. The van der Waals surface area contributed by atoms with E-state index < -0.39 is 6.10 Å². The second kappa shape index (κ2) is 9.15. The number of hydrogen-bond donors (Lipinski definition) is 1. The number of benzene rings is 2. The zero-order valence-corrected chi connectivity index (χ0v) is 14.1. The normalized spacial score (nSPS) is 11.6. The molecule has 0 bridgehead atoms. The number of nitrogens with zero attached hydrogens (tertiary/aromatic N) is 1. The molecular formula is C18H20ClNO4. The van der Waals surface area contributed by atoms with Gasteiger partial charge in [-0.25, -0.2) is 0 Å². The molecule has 0 aliphatic heterocycles. The highest BCUT2D eigenvalue weighted by molar-refractivity contribution is 6.29. The van der Waals surface area contributed by atoms with E-state index in [4.69, 9.17) is 21.1 Å². The summed E-state index contributed by atoms with van der Waals surface area (Å²) in [7, 11) is 1.57. The highest BCUT2D eigenvalue weighted by atomic mass is 35.5. The number of hydrogen-bond acceptors (Lipinski definition) is 4. The fourth-order valence-corrected chi connectivity index (χ4v) is 2.30. The Morgan fingerprint density at radius 2 is 1.79 bits per heavy atom. The van der Waals surface area contributed by atoms with Gasteiger partial charge in [-0.1, -0.05) is 18.2 Å². The van der Waals surface area contributed by atoms with Gasteiger partial charge in [0.2, 0.25) is 5.91 Å². The smallest absolute Gasteiger partial charge is 0.241 e. The Morgan fingerprint density at radius 1 is 1.12 bits per heavy atom. The summed E-state index contributed by atoms with van der Waals surface area (Å²) in [6.45, 7) is 0.164. The van der Waals surface area contributed by atoms with E-state index in [-0.39, 0.29) is 24.9 Å². The van der Waals surface area contributed by atoms with Crippen LogP contribution in [0.25, 0.3) is 0 Å². The van der Waals surface area contributed by atoms with Gasteiger partial charge in [0.05, 0.1) is 13.7 Å². The number of methoxy groups -OCH3 is 1. The largest absolute Gasteiger partial charge is 0.497 e. The van der Waals surface area contributed by atoms with Gasteiger partial charge in [0.25, 0.3) is 0 Å². The number of aliphatic hydroxyl groups is 1. The van der Waals surface area contributed by atoms with Gasteiger partial charge < -0.3 is 19.5 Å². The van der Waals surface area contributed by atoms with E-state index in [0.717, 1.165) is 0 Å². The first-order valence-corrected chi connectivity index (χ1v) is 8.03. The second-order valence-electron chi connectivity index (χ2n) is 5.11. The minimum atomic E-state index is -0.848. The van der Waals surface area contributed by atoms with Crippen molar-refractivity contribution in [2.75, 3.05) is 31.0 Å². The lowest BCUT2D eigenvalue weighted by molar-refractivity contribution is -0.116. The molecule has 2 aromatic rings. The maximum Gasteiger partial charge on any atom is 0.241 e. The number of amides is 1. The van der Waals surface area contributed by atoms with Crippen LogP contribution in [0, 0.1) is 0 Å². The van der Waals surface area contributed by atoms with Crippen LogP contribution < -0.4 is 14.4 Å². The molecule has 1 unspecified atom stereocenters. The standard InChI is InChI=1S/C18H20ClNO4/c1-23-16-9-7-14(8-10-16)20(18(22)11-19)12-15(21)13-24-17-5-3-2-4-6-17/h2-10,15,21H,11-13H2,1H3. The molecule has 6 heteroatoms. The van der Waals surface area contributed by atoms with Crippen molar-refractivity contribution in [3.8, 4) is 11.5 Å². The molecule has 0 aliphatic carbocycles. The van der Waals surface area contributed by atoms with E-state index in [1.165, 1.54) is 4.90 Å². The van der Waals surface area contributed by atoms with Crippen LogP contribution in [0.3, 0.4) is 0 Å². The molecule has 0 heterocycles. The van der Waals surface area contributed by atoms with Gasteiger partial charge in [-0.05, 0) is 36.4 Å². The van der Waals surface area contributed by atoms with Crippen LogP contribution in [-0.2, 0) is 4.79 Å². The summed E-state index contributed by atoms with van der Waals surface area (Å²) in [6, 6.07) is 16.2. The summed E-state index contributed by atoms with van der Waals surface area (Å²) in [6.07, 6.45) is -0.848. The van der Waals surface area contributed by atoms with Crippen LogP contribution in [0.4, 0.5) is 5.69 Å². The summed E-state index contributed by atoms with van der Waals surface area (Å²) < 4.78 is 10.6. The molecule has 0 fully saturated rings. The first-order valence-electron chi connectivity index (χ1n) is 7.50. The number of halogens is 1. The van der Waals surface area contributed by atoms with Crippen molar-refractivity contribution in [2.24, 2.45) is 0 Å². The van der Waals surface area contributed by atoms with Gasteiger partial charge in [-0.15, -0.1) is 11.6 Å². The molecule has 0 saturated heterocycles. The third-order valence-corrected chi connectivity index (χ3v) is 3.61. The third kappa shape index (κ3) is 5.15. The van der Waals surface area contributed by atoms with Crippen molar-refractivity contribution in [3.63, 3.8) is 0 Å². The molecule has 0 radical (unpaired) electrons. The van der Waals surface area contributed by atoms with E-state index in [0.29, 0.717) is 17.2 Å². The van der Waals surface area contributed by atoms with Crippen LogP contribution in [0.1, 0.15) is 0 Å². The highest BCUT2D eigenvalue weighted by Gasteiger charge is 2.19. The molecule has 5 nitrogen and oxygen atoms in total. The lowest BCUT2D eigenvalue weighted by atomic mass is 10.2.